The van der Waals surface area contributed by atoms with Crippen LogP contribution in [0.15, 0.2) is 57.4 Å². The van der Waals surface area contributed by atoms with E-state index in [1.54, 1.807) is 0 Å². The number of fused-ring (bicyclic) bond motifs is 5. The predicted molar refractivity (Wildman–Crippen MR) is 83.9 cm³/mol. The van der Waals surface area contributed by atoms with E-state index in [0.717, 1.165) is 31.8 Å². The molecule has 4 aromatic rings. The van der Waals surface area contributed by atoms with Crippen molar-refractivity contribution in [3.63, 3.8) is 0 Å². The van der Waals surface area contributed by atoms with Gasteiger partial charge in [-0.15, -0.1) is 0 Å². The first-order chi connectivity index (χ1) is 9.24. The second-order valence-electron chi connectivity index (χ2n) is 4.53. The second-order valence-corrected chi connectivity index (χ2v) is 5.79. The molecule has 3 heteroatoms. The molecule has 0 aliphatic carbocycles. The highest BCUT2D eigenvalue weighted by Gasteiger charge is 2.11. The number of furan rings is 1. The molecule has 0 saturated carbocycles. The van der Waals surface area contributed by atoms with Crippen LogP contribution in [0.3, 0.4) is 0 Å². The molecule has 19 heavy (non-hydrogen) atoms. The Hall–Kier alpha value is -1.51. The summed E-state index contributed by atoms with van der Waals surface area (Å²) in [7, 11) is 0. The van der Waals surface area contributed by atoms with Crippen molar-refractivity contribution in [2.24, 2.45) is 0 Å². The minimum absolute atomic E-state index is 0.663. The minimum atomic E-state index is 0.663. The van der Waals surface area contributed by atoms with Crippen LogP contribution in [0, 0.1) is 0 Å². The van der Waals surface area contributed by atoms with Crippen molar-refractivity contribution < 1.29 is 4.42 Å². The molecular weight excluding hydrogens is 324 g/mol. The molecule has 1 nitrogen and oxygen atoms in total. The summed E-state index contributed by atoms with van der Waals surface area (Å²) in [5.74, 6) is 0. The fourth-order valence-electron chi connectivity index (χ4n) is 2.50. The lowest BCUT2D eigenvalue weighted by atomic mass is 10.1. The fraction of sp³-hybridized carbons (Fsp3) is 0. The average molecular weight is 332 g/mol. The molecule has 4 rings (SSSR count). The third-order valence-electron chi connectivity index (χ3n) is 3.40. The van der Waals surface area contributed by atoms with Crippen molar-refractivity contribution in [1.82, 2.24) is 0 Å². The molecule has 0 saturated heterocycles. The Balaban J connectivity index is 2.27. The molecule has 0 radical (unpaired) electrons. The van der Waals surface area contributed by atoms with Crippen molar-refractivity contribution in [2.45, 2.75) is 0 Å². The molecule has 0 N–H and O–H groups in total. The summed E-state index contributed by atoms with van der Waals surface area (Å²) in [6.45, 7) is 0. The van der Waals surface area contributed by atoms with Crippen LogP contribution >= 0.6 is 27.5 Å². The van der Waals surface area contributed by atoms with Gasteiger partial charge in [0, 0.05) is 26.7 Å². The Kier molecular flexibility index (Phi) is 2.38. The van der Waals surface area contributed by atoms with Gasteiger partial charge in [-0.25, -0.2) is 0 Å². The molecule has 0 aliphatic rings. The highest BCUT2D eigenvalue weighted by molar-refractivity contribution is 9.10. The molecule has 0 unspecified atom stereocenters. The van der Waals surface area contributed by atoms with Gasteiger partial charge in [0.2, 0.25) is 0 Å². The lowest BCUT2D eigenvalue weighted by molar-refractivity contribution is 0.672. The third kappa shape index (κ3) is 1.60. The summed E-state index contributed by atoms with van der Waals surface area (Å²) in [5.41, 5.74) is 1.74. The molecule has 0 amide bonds. The van der Waals surface area contributed by atoms with Gasteiger partial charge in [-0.1, -0.05) is 41.9 Å². The average Bonchev–Trinajstić information content (AvgIpc) is 2.77. The van der Waals surface area contributed by atoms with E-state index in [1.165, 1.54) is 5.39 Å². The first-order valence-electron chi connectivity index (χ1n) is 5.93. The zero-order chi connectivity index (χ0) is 13.0. The topological polar surface area (TPSA) is 13.1 Å². The van der Waals surface area contributed by atoms with Crippen molar-refractivity contribution in [1.29, 1.82) is 0 Å². The lowest BCUT2D eigenvalue weighted by Gasteiger charge is -1.97. The summed E-state index contributed by atoms with van der Waals surface area (Å²) < 4.78 is 6.88. The SMILES string of the molecule is Clc1cc2oc3c4ccccc4ccc3c2cc1Br. The fourth-order valence-corrected chi connectivity index (χ4v) is 3.00. The summed E-state index contributed by atoms with van der Waals surface area (Å²) >= 11 is 9.59. The van der Waals surface area contributed by atoms with E-state index in [9.17, 15) is 0 Å². The molecule has 0 atom stereocenters. The number of hydrogen-bond donors (Lipinski definition) is 0. The molecule has 92 valence electrons. The van der Waals surface area contributed by atoms with E-state index in [0.29, 0.717) is 5.02 Å². The molecule has 0 bridgehead atoms. The Labute approximate surface area is 122 Å². The van der Waals surface area contributed by atoms with Crippen LogP contribution in [0.4, 0.5) is 0 Å². The van der Waals surface area contributed by atoms with Gasteiger partial charge < -0.3 is 4.42 Å². The summed E-state index contributed by atoms with van der Waals surface area (Å²) in [5, 5.41) is 5.17. The number of hydrogen-bond acceptors (Lipinski definition) is 1. The van der Waals surface area contributed by atoms with Gasteiger partial charge in [-0.3, -0.25) is 0 Å². The first-order valence-corrected chi connectivity index (χ1v) is 7.10. The molecule has 1 aromatic heterocycles. The molecule has 0 spiro atoms. The van der Waals surface area contributed by atoms with Crippen molar-refractivity contribution >= 4 is 60.2 Å². The standard InChI is InChI=1S/C16H8BrClO/c17-13-7-12-11-6-5-9-3-1-2-4-10(9)16(11)19-15(12)8-14(13)18/h1-8H. The van der Waals surface area contributed by atoms with Crippen molar-refractivity contribution in [3.05, 3.63) is 58.0 Å². The van der Waals surface area contributed by atoms with Gasteiger partial charge in [0.25, 0.3) is 0 Å². The quantitative estimate of drug-likeness (QED) is 0.376. The number of rotatable bonds is 0. The molecular formula is C16H8BrClO. The van der Waals surface area contributed by atoms with Crippen LogP contribution in [0.25, 0.3) is 32.7 Å². The van der Waals surface area contributed by atoms with Gasteiger partial charge >= 0.3 is 0 Å². The van der Waals surface area contributed by atoms with E-state index >= 15 is 0 Å². The Morgan fingerprint density at radius 3 is 2.63 bits per heavy atom. The maximum absolute atomic E-state index is 6.13. The molecule has 1 heterocycles. The van der Waals surface area contributed by atoms with Gasteiger partial charge in [0.1, 0.15) is 11.2 Å². The highest BCUT2D eigenvalue weighted by Crippen LogP contribution is 2.37. The summed E-state index contributed by atoms with van der Waals surface area (Å²) in [6.07, 6.45) is 0. The van der Waals surface area contributed by atoms with E-state index in [-0.39, 0.29) is 0 Å². The minimum Gasteiger partial charge on any atom is -0.455 e. The largest absolute Gasteiger partial charge is 0.455 e. The maximum atomic E-state index is 6.13. The first kappa shape index (κ1) is 11.3. The van der Waals surface area contributed by atoms with E-state index in [2.05, 4.69) is 40.2 Å². The lowest BCUT2D eigenvalue weighted by Crippen LogP contribution is -1.73. The van der Waals surface area contributed by atoms with Gasteiger partial charge in [0.05, 0.1) is 5.02 Å². The summed E-state index contributed by atoms with van der Waals surface area (Å²) in [4.78, 5) is 0. The smallest absolute Gasteiger partial charge is 0.143 e. The summed E-state index contributed by atoms with van der Waals surface area (Å²) in [6, 6.07) is 16.3. The number of halogens is 2. The zero-order valence-corrected chi connectivity index (χ0v) is 12.1. The predicted octanol–water partition coefficient (Wildman–Crippen LogP) is 6.16. The van der Waals surface area contributed by atoms with Crippen LogP contribution < -0.4 is 0 Å². The van der Waals surface area contributed by atoms with Crippen LogP contribution in [-0.4, -0.2) is 0 Å². The number of benzene rings is 3. The Morgan fingerprint density at radius 1 is 0.895 bits per heavy atom. The van der Waals surface area contributed by atoms with E-state index in [4.69, 9.17) is 16.0 Å². The van der Waals surface area contributed by atoms with E-state index in [1.807, 2.05) is 24.3 Å². The zero-order valence-electron chi connectivity index (χ0n) is 9.78. The van der Waals surface area contributed by atoms with Crippen LogP contribution in [0.5, 0.6) is 0 Å². The molecule has 0 aliphatic heterocycles. The van der Waals surface area contributed by atoms with Gasteiger partial charge in [-0.05, 0) is 33.4 Å². The van der Waals surface area contributed by atoms with Gasteiger partial charge in [-0.2, -0.15) is 0 Å². The maximum Gasteiger partial charge on any atom is 0.143 e. The van der Waals surface area contributed by atoms with Crippen LogP contribution in [0.1, 0.15) is 0 Å². The van der Waals surface area contributed by atoms with E-state index < -0.39 is 0 Å². The Bertz CT molecular complexity index is 940. The van der Waals surface area contributed by atoms with Crippen LogP contribution in [0.2, 0.25) is 5.02 Å². The second kappa shape index (κ2) is 3.99. The van der Waals surface area contributed by atoms with Crippen molar-refractivity contribution in [3.8, 4) is 0 Å². The Morgan fingerprint density at radius 2 is 1.74 bits per heavy atom. The van der Waals surface area contributed by atoms with Gasteiger partial charge in [0.15, 0.2) is 0 Å². The molecule has 0 fully saturated rings. The normalized spacial score (nSPS) is 11.7. The monoisotopic (exact) mass is 330 g/mol. The highest BCUT2D eigenvalue weighted by atomic mass is 79.9. The third-order valence-corrected chi connectivity index (χ3v) is 4.60. The van der Waals surface area contributed by atoms with Crippen LogP contribution in [-0.2, 0) is 0 Å². The van der Waals surface area contributed by atoms with Crippen molar-refractivity contribution in [2.75, 3.05) is 0 Å². The molecule has 3 aromatic carbocycles.